The zero-order valence-corrected chi connectivity index (χ0v) is 25.4. The third kappa shape index (κ3) is 10.6. The van der Waals surface area contributed by atoms with Crippen molar-refractivity contribution in [2.24, 2.45) is 4.99 Å². The Labute approximate surface area is 272 Å². The predicted octanol–water partition coefficient (Wildman–Crippen LogP) is 2.30. The first-order valence-corrected chi connectivity index (χ1v) is 14.2. The van der Waals surface area contributed by atoms with Crippen LogP contribution in [0.1, 0.15) is 22.5 Å². The number of rotatable bonds is 17. The summed E-state index contributed by atoms with van der Waals surface area (Å²) in [5.74, 6) is -3.99. The Balaban J connectivity index is 1.67. The van der Waals surface area contributed by atoms with Crippen LogP contribution in [0.25, 0.3) is 23.8 Å². The van der Waals surface area contributed by atoms with Crippen molar-refractivity contribution in [2.45, 2.75) is 13.1 Å². The molecule has 16 nitrogen and oxygen atoms in total. The summed E-state index contributed by atoms with van der Waals surface area (Å²) in [4.78, 5) is 56.0. The normalized spacial score (nSPS) is 11.2. The molecule has 3 heterocycles. The fourth-order valence-electron chi connectivity index (χ4n) is 4.46. The first-order valence-electron chi connectivity index (χ1n) is 13.8. The highest BCUT2D eigenvalue weighted by Gasteiger charge is 2.18. The van der Waals surface area contributed by atoms with Crippen molar-refractivity contribution in [3.63, 3.8) is 0 Å². The molecule has 0 saturated heterocycles. The van der Waals surface area contributed by atoms with Crippen molar-refractivity contribution in [2.75, 3.05) is 26.2 Å². The van der Waals surface area contributed by atoms with Gasteiger partial charge in [-0.2, -0.15) is 15.2 Å². The number of thiocarbonyl (C=S) groups is 1. The summed E-state index contributed by atoms with van der Waals surface area (Å²) in [6.07, 6.45) is 6.91. The number of carbonyl (C=O) groups is 4. The molecule has 0 fully saturated rings. The van der Waals surface area contributed by atoms with Crippen LogP contribution in [0.15, 0.2) is 65.9 Å². The average molecular weight is 661 g/mol. The van der Waals surface area contributed by atoms with Crippen molar-refractivity contribution in [3.05, 3.63) is 83.4 Å². The molecule has 4 aromatic rings. The van der Waals surface area contributed by atoms with Gasteiger partial charge in [0.2, 0.25) is 0 Å². The maximum Gasteiger partial charge on any atom is 0.317 e. The first kappa shape index (κ1) is 34.0. The Hall–Kier alpha value is -5.87. The van der Waals surface area contributed by atoms with E-state index in [-0.39, 0.29) is 13.1 Å². The lowest BCUT2D eigenvalue weighted by molar-refractivity contribution is -0.144. The molecular weight excluding hydrogens is 632 g/mol. The van der Waals surface area contributed by atoms with Gasteiger partial charge in [-0.05, 0) is 59.7 Å². The van der Waals surface area contributed by atoms with Crippen molar-refractivity contribution >= 4 is 59.1 Å². The number of carboxylic acids is 4. The van der Waals surface area contributed by atoms with Gasteiger partial charge in [-0.3, -0.25) is 29.0 Å². The zero-order valence-electron chi connectivity index (χ0n) is 24.6. The second-order valence-electron chi connectivity index (χ2n) is 10.1. The number of aliphatic carboxylic acids is 4. The number of benzene rings is 1. The van der Waals surface area contributed by atoms with E-state index >= 15 is 0 Å². The maximum atomic E-state index is 11.2. The molecule has 0 amide bonds. The summed E-state index contributed by atoms with van der Waals surface area (Å²) in [6.45, 7) is -2.02. The van der Waals surface area contributed by atoms with E-state index in [1.165, 1.54) is 19.2 Å². The Morgan fingerprint density at radius 3 is 1.53 bits per heavy atom. The van der Waals surface area contributed by atoms with Gasteiger partial charge >= 0.3 is 23.9 Å². The molecule has 0 radical (unpaired) electrons. The second-order valence-corrected chi connectivity index (χ2v) is 10.3. The molecule has 242 valence electrons. The van der Waals surface area contributed by atoms with Crippen LogP contribution in [0.4, 0.5) is 5.69 Å². The summed E-state index contributed by atoms with van der Waals surface area (Å²) in [5, 5.41) is 48.0. The standard InChI is InChI=1S/C30H28N8O8S/c39-27(40)15-35(16-28(41)42)13-23-7-9-37(33-23)25-11-21(2-1-20-3-5-22(6-4-20)31-19-47)12-26(32-25)38-10-8-24(34-38)14-36(17-29(43)44)18-30(45)46/h1-12H,13-18H2,(H,39,40)(H,41,42)(H,43,44)(H,45,46)/b2-1+. The molecule has 47 heavy (non-hydrogen) atoms. The summed E-state index contributed by atoms with van der Waals surface area (Å²) in [7, 11) is 0. The molecular formula is C30H28N8O8S. The van der Waals surface area contributed by atoms with Gasteiger partial charge in [0.05, 0.1) is 48.4 Å². The van der Waals surface area contributed by atoms with Gasteiger partial charge < -0.3 is 20.4 Å². The van der Waals surface area contributed by atoms with Gasteiger partial charge in [0.1, 0.15) is 0 Å². The minimum absolute atomic E-state index is 0.0347. The maximum absolute atomic E-state index is 11.2. The number of nitrogens with zero attached hydrogens (tertiary/aromatic N) is 8. The van der Waals surface area contributed by atoms with E-state index in [1.807, 2.05) is 24.3 Å². The third-order valence-corrected chi connectivity index (χ3v) is 6.41. The average Bonchev–Trinajstić information content (AvgIpc) is 3.65. The second kappa shape index (κ2) is 15.9. The molecule has 0 spiro atoms. The lowest BCUT2D eigenvalue weighted by atomic mass is 10.1. The molecule has 0 atom stereocenters. The van der Waals surface area contributed by atoms with Crippen LogP contribution in [0.2, 0.25) is 0 Å². The van der Waals surface area contributed by atoms with Gasteiger partial charge in [0, 0.05) is 25.5 Å². The van der Waals surface area contributed by atoms with E-state index in [0.29, 0.717) is 34.3 Å². The van der Waals surface area contributed by atoms with Crippen LogP contribution in [0.5, 0.6) is 0 Å². The lowest BCUT2D eigenvalue weighted by Gasteiger charge is -2.16. The molecule has 0 aliphatic rings. The van der Waals surface area contributed by atoms with Crippen LogP contribution in [-0.4, -0.2) is 110 Å². The number of hydrogen-bond donors (Lipinski definition) is 4. The van der Waals surface area contributed by atoms with Gasteiger partial charge in [0.15, 0.2) is 11.6 Å². The summed E-state index contributed by atoms with van der Waals surface area (Å²) < 4.78 is 2.92. The van der Waals surface area contributed by atoms with Crippen molar-refractivity contribution in [1.82, 2.24) is 34.3 Å². The Morgan fingerprint density at radius 1 is 0.702 bits per heavy atom. The van der Waals surface area contributed by atoms with Crippen LogP contribution in [0.3, 0.4) is 0 Å². The molecule has 0 bridgehead atoms. The Bertz CT molecular complexity index is 1720. The smallest absolute Gasteiger partial charge is 0.317 e. The van der Waals surface area contributed by atoms with Crippen molar-refractivity contribution < 1.29 is 39.6 Å². The summed E-state index contributed by atoms with van der Waals surface area (Å²) >= 11 is 4.65. The molecule has 0 aliphatic carbocycles. The van der Waals surface area contributed by atoms with E-state index in [9.17, 15) is 39.6 Å². The highest BCUT2D eigenvalue weighted by molar-refractivity contribution is 7.78. The third-order valence-electron chi connectivity index (χ3n) is 6.32. The number of aliphatic imine (C=N–C) groups is 1. The molecule has 0 unspecified atom stereocenters. The largest absolute Gasteiger partial charge is 0.480 e. The minimum Gasteiger partial charge on any atom is -0.480 e. The molecule has 4 N–H and O–H groups in total. The monoisotopic (exact) mass is 660 g/mol. The molecule has 1 aromatic carbocycles. The van der Waals surface area contributed by atoms with E-state index < -0.39 is 50.1 Å². The molecule has 0 aliphatic heterocycles. The van der Waals surface area contributed by atoms with Gasteiger partial charge in [-0.15, -0.1) is 0 Å². The molecule has 17 heteroatoms. The molecule has 0 saturated carbocycles. The van der Waals surface area contributed by atoms with Crippen LogP contribution in [-0.2, 0) is 32.3 Å². The Kier molecular flexibility index (Phi) is 11.5. The van der Waals surface area contributed by atoms with E-state index in [2.05, 4.69) is 37.6 Å². The van der Waals surface area contributed by atoms with Crippen molar-refractivity contribution in [1.29, 1.82) is 0 Å². The van der Waals surface area contributed by atoms with Gasteiger partial charge in [0.25, 0.3) is 0 Å². The SMILES string of the molecule is O=C(O)CN(CC(=O)O)Cc1ccn(-c2cc(/C=C/c3ccc(N=C=S)cc3)cc(-n3ccc(CN(CC(=O)O)CC(=O)O)n3)n2)n1. The fraction of sp³-hybridized carbons (Fsp3) is 0.200. The fourth-order valence-corrected chi connectivity index (χ4v) is 4.57. The van der Waals surface area contributed by atoms with E-state index in [1.54, 1.807) is 48.8 Å². The van der Waals surface area contributed by atoms with Gasteiger partial charge in [-0.25, -0.2) is 14.3 Å². The van der Waals surface area contributed by atoms with Crippen LogP contribution < -0.4 is 0 Å². The van der Waals surface area contributed by atoms with Crippen LogP contribution in [0, 0.1) is 0 Å². The first-order chi connectivity index (χ1) is 22.5. The van der Waals surface area contributed by atoms with Crippen LogP contribution >= 0.6 is 12.2 Å². The minimum atomic E-state index is -1.18. The van der Waals surface area contributed by atoms with Crippen molar-refractivity contribution in [3.8, 4) is 11.6 Å². The molecule has 4 rings (SSSR count). The van der Waals surface area contributed by atoms with Gasteiger partial charge in [-0.1, -0.05) is 24.3 Å². The summed E-state index contributed by atoms with van der Waals surface area (Å²) in [6, 6.07) is 14.0. The lowest BCUT2D eigenvalue weighted by Crippen LogP contribution is -2.34. The highest BCUT2D eigenvalue weighted by atomic mass is 32.1. The van der Waals surface area contributed by atoms with E-state index in [0.717, 1.165) is 5.56 Å². The zero-order chi connectivity index (χ0) is 33.9. The summed E-state index contributed by atoms with van der Waals surface area (Å²) in [5.41, 5.74) is 3.04. The number of pyridine rings is 1. The van der Waals surface area contributed by atoms with E-state index in [4.69, 9.17) is 0 Å². The number of isothiocyanates is 1. The number of hydrogen-bond acceptors (Lipinski definition) is 11. The topological polar surface area (TPSA) is 217 Å². The molecule has 3 aromatic heterocycles. The number of carboxylic acid groups (broad SMARTS) is 4. The highest BCUT2D eigenvalue weighted by Crippen LogP contribution is 2.19. The quantitative estimate of drug-likeness (QED) is 0.0944. The predicted molar refractivity (Wildman–Crippen MR) is 170 cm³/mol. The Morgan fingerprint density at radius 2 is 1.13 bits per heavy atom. The number of aromatic nitrogens is 5.